The fourth-order valence-electron chi connectivity index (χ4n) is 3.17. The van der Waals surface area contributed by atoms with E-state index in [1.54, 1.807) is 13.1 Å². The lowest BCUT2D eigenvalue weighted by Gasteiger charge is -2.11. The smallest absolute Gasteiger partial charge is 0.253 e. The van der Waals surface area contributed by atoms with E-state index in [4.69, 9.17) is 0 Å². The van der Waals surface area contributed by atoms with Crippen molar-refractivity contribution in [3.63, 3.8) is 0 Å². The van der Waals surface area contributed by atoms with Crippen LogP contribution < -0.4 is 10.6 Å². The number of fused-ring (bicyclic) bond motifs is 1. The molecule has 2 amide bonds. The number of nitrogens with one attached hydrogen (secondary N) is 3. The quantitative estimate of drug-likeness (QED) is 0.612. The van der Waals surface area contributed by atoms with E-state index in [0.717, 1.165) is 34.6 Å². The Morgan fingerprint density at radius 2 is 1.93 bits per heavy atom. The predicted molar refractivity (Wildman–Crippen MR) is 109 cm³/mol. The largest absolute Gasteiger partial charge is 0.358 e. The average molecular weight is 372 g/mol. The summed E-state index contributed by atoms with van der Waals surface area (Å²) in [7, 11) is 0. The first kappa shape index (κ1) is 17.7. The molecule has 1 aromatic carbocycles. The standard InChI is InChI=1S/C22H20N4O2/c1-13(2)21(27)25-16-5-3-14(4-6-16)19-11-15(7-9-23-19)20-12-17-18(26-20)8-10-24-22(17)28/h3-7,9,11-12,26H,1,8,10H2,2H3,(H,24,28)(H,25,27). The minimum atomic E-state index is -0.201. The normalized spacial score (nSPS) is 12.8. The van der Waals surface area contributed by atoms with Gasteiger partial charge in [0, 0.05) is 52.9 Å². The van der Waals surface area contributed by atoms with Crippen molar-refractivity contribution >= 4 is 17.5 Å². The zero-order valence-corrected chi connectivity index (χ0v) is 15.5. The number of aromatic nitrogens is 2. The third-order valence-corrected chi connectivity index (χ3v) is 4.70. The third kappa shape index (κ3) is 3.44. The van der Waals surface area contributed by atoms with Crippen molar-refractivity contribution < 1.29 is 9.59 Å². The molecule has 0 spiro atoms. The topological polar surface area (TPSA) is 86.9 Å². The second-order valence-corrected chi connectivity index (χ2v) is 6.82. The molecule has 1 aliphatic rings. The Bertz CT molecular complexity index is 1080. The highest BCUT2D eigenvalue weighted by molar-refractivity contribution is 6.02. The molecule has 140 valence electrons. The van der Waals surface area contributed by atoms with Crippen molar-refractivity contribution in [2.24, 2.45) is 0 Å². The summed E-state index contributed by atoms with van der Waals surface area (Å²) in [6.45, 7) is 5.96. The Morgan fingerprint density at radius 1 is 1.14 bits per heavy atom. The molecule has 0 aliphatic carbocycles. The van der Waals surface area contributed by atoms with Crippen LogP contribution in [0.5, 0.6) is 0 Å². The van der Waals surface area contributed by atoms with Crippen molar-refractivity contribution in [1.82, 2.24) is 15.3 Å². The maximum Gasteiger partial charge on any atom is 0.253 e. The average Bonchev–Trinajstić information content (AvgIpc) is 3.14. The van der Waals surface area contributed by atoms with E-state index >= 15 is 0 Å². The van der Waals surface area contributed by atoms with Crippen molar-refractivity contribution in [1.29, 1.82) is 0 Å². The molecule has 0 unspecified atom stereocenters. The van der Waals surface area contributed by atoms with Crippen LogP contribution in [0.1, 0.15) is 23.0 Å². The fraction of sp³-hybridized carbons (Fsp3) is 0.136. The van der Waals surface area contributed by atoms with Crippen LogP contribution in [0.15, 0.2) is 60.8 Å². The number of hydrogen-bond acceptors (Lipinski definition) is 3. The fourth-order valence-corrected chi connectivity index (χ4v) is 3.17. The molecule has 4 rings (SSSR count). The van der Waals surface area contributed by atoms with Gasteiger partial charge in [-0.15, -0.1) is 0 Å². The van der Waals surface area contributed by atoms with Crippen molar-refractivity contribution in [3.8, 4) is 22.5 Å². The molecule has 0 atom stereocenters. The second kappa shape index (κ2) is 7.15. The Balaban J connectivity index is 1.60. The Labute approximate surface area is 162 Å². The van der Waals surface area contributed by atoms with E-state index in [0.29, 0.717) is 23.4 Å². The minimum Gasteiger partial charge on any atom is -0.358 e. The summed E-state index contributed by atoms with van der Waals surface area (Å²) in [5.41, 5.74) is 6.45. The molecule has 0 radical (unpaired) electrons. The maximum atomic E-state index is 12.0. The SMILES string of the molecule is C=C(C)C(=O)Nc1ccc(-c2cc(-c3cc4c([nH]3)CCNC4=O)ccn2)cc1. The number of carbonyl (C=O) groups excluding carboxylic acids is 2. The first-order chi connectivity index (χ1) is 13.5. The molecule has 0 saturated carbocycles. The maximum absolute atomic E-state index is 12.0. The lowest BCUT2D eigenvalue weighted by molar-refractivity contribution is -0.112. The van der Waals surface area contributed by atoms with Crippen molar-refractivity contribution in [3.05, 3.63) is 72.1 Å². The number of amides is 2. The van der Waals surface area contributed by atoms with Gasteiger partial charge in [0.2, 0.25) is 0 Å². The Kier molecular flexibility index (Phi) is 4.53. The number of rotatable bonds is 4. The highest BCUT2D eigenvalue weighted by Crippen LogP contribution is 2.27. The van der Waals surface area contributed by atoms with E-state index in [1.165, 1.54) is 0 Å². The molecule has 28 heavy (non-hydrogen) atoms. The number of benzene rings is 1. The third-order valence-electron chi connectivity index (χ3n) is 4.70. The van der Waals surface area contributed by atoms with Crippen molar-refractivity contribution in [2.75, 3.05) is 11.9 Å². The number of hydrogen-bond donors (Lipinski definition) is 3. The molecule has 3 aromatic rings. The number of pyridine rings is 1. The molecule has 1 aliphatic heterocycles. The summed E-state index contributed by atoms with van der Waals surface area (Å²) in [5.74, 6) is -0.238. The van der Waals surface area contributed by atoms with E-state index in [9.17, 15) is 9.59 Å². The van der Waals surface area contributed by atoms with Gasteiger partial charge in [0.1, 0.15) is 0 Å². The van der Waals surface area contributed by atoms with Crippen LogP contribution in [-0.2, 0) is 11.2 Å². The van der Waals surface area contributed by atoms with Gasteiger partial charge in [0.25, 0.3) is 11.8 Å². The van der Waals surface area contributed by atoms with Crippen LogP contribution in [0.25, 0.3) is 22.5 Å². The number of H-pyrrole nitrogens is 1. The van der Waals surface area contributed by atoms with E-state index < -0.39 is 0 Å². The molecular weight excluding hydrogens is 352 g/mol. The van der Waals surface area contributed by atoms with Gasteiger partial charge in [-0.25, -0.2) is 0 Å². The highest BCUT2D eigenvalue weighted by Gasteiger charge is 2.20. The molecular formula is C22H20N4O2. The number of carbonyl (C=O) groups is 2. The summed E-state index contributed by atoms with van der Waals surface area (Å²) >= 11 is 0. The first-order valence-electron chi connectivity index (χ1n) is 9.05. The second-order valence-electron chi connectivity index (χ2n) is 6.82. The van der Waals surface area contributed by atoms with Crippen molar-refractivity contribution in [2.45, 2.75) is 13.3 Å². The van der Waals surface area contributed by atoms with Crippen LogP contribution in [0.2, 0.25) is 0 Å². The van der Waals surface area contributed by atoms with Crippen LogP contribution >= 0.6 is 0 Å². The van der Waals surface area contributed by atoms with Gasteiger partial charge in [0.15, 0.2) is 0 Å². The van der Waals surface area contributed by atoms with E-state index in [1.807, 2.05) is 42.5 Å². The zero-order chi connectivity index (χ0) is 19.7. The zero-order valence-electron chi connectivity index (χ0n) is 15.5. The van der Waals surface area contributed by atoms with Gasteiger partial charge in [-0.2, -0.15) is 0 Å². The highest BCUT2D eigenvalue weighted by atomic mass is 16.2. The summed E-state index contributed by atoms with van der Waals surface area (Å²) in [4.78, 5) is 31.5. The van der Waals surface area contributed by atoms with Gasteiger partial charge in [-0.1, -0.05) is 18.7 Å². The van der Waals surface area contributed by atoms with Gasteiger partial charge in [-0.3, -0.25) is 14.6 Å². The summed E-state index contributed by atoms with van der Waals surface area (Å²) in [6, 6.07) is 13.3. The van der Waals surface area contributed by atoms with Gasteiger partial charge in [0.05, 0.1) is 11.3 Å². The summed E-state index contributed by atoms with van der Waals surface area (Å²) < 4.78 is 0. The molecule has 3 heterocycles. The first-order valence-corrected chi connectivity index (χ1v) is 9.05. The Hall–Kier alpha value is -3.67. The minimum absolute atomic E-state index is 0.0366. The lowest BCUT2D eigenvalue weighted by atomic mass is 10.1. The summed E-state index contributed by atoms with van der Waals surface area (Å²) in [6.07, 6.45) is 2.55. The molecule has 0 saturated heterocycles. The lowest BCUT2D eigenvalue weighted by Crippen LogP contribution is -2.31. The van der Waals surface area contributed by atoms with Gasteiger partial charge in [-0.05, 0) is 37.3 Å². The van der Waals surface area contributed by atoms with Gasteiger partial charge < -0.3 is 15.6 Å². The molecule has 6 heteroatoms. The monoisotopic (exact) mass is 372 g/mol. The van der Waals surface area contributed by atoms with Crippen LogP contribution in [0.4, 0.5) is 5.69 Å². The summed E-state index contributed by atoms with van der Waals surface area (Å²) in [5, 5.41) is 5.65. The molecule has 0 fully saturated rings. The molecule has 6 nitrogen and oxygen atoms in total. The van der Waals surface area contributed by atoms with Crippen LogP contribution in [-0.4, -0.2) is 28.3 Å². The Morgan fingerprint density at radius 3 is 2.64 bits per heavy atom. The number of aromatic amines is 1. The number of anilines is 1. The number of nitrogens with zero attached hydrogens (tertiary/aromatic N) is 1. The molecule has 3 N–H and O–H groups in total. The molecule has 2 aromatic heterocycles. The predicted octanol–water partition coefficient (Wildman–Crippen LogP) is 3.54. The molecule has 0 bridgehead atoms. The van der Waals surface area contributed by atoms with E-state index in [2.05, 4.69) is 27.2 Å². The van der Waals surface area contributed by atoms with E-state index in [-0.39, 0.29) is 11.8 Å². The van der Waals surface area contributed by atoms with Crippen LogP contribution in [0.3, 0.4) is 0 Å². The van der Waals surface area contributed by atoms with Crippen LogP contribution in [0, 0.1) is 0 Å². The van der Waals surface area contributed by atoms with Gasteiger partial charge >= 0.3 is 0 Å².